The van der Waals surface area contributed by atoms with Gasteiger partial charge in [0.15, 0.2) is 0 Å². The number of carbonyl (C=O) groups is 2. The molecule has 0 aliphatic carbocycles. The van der Waals surface area contributed by atoms with E-state index in [1.165, 1.54) is 23.1 Å². The zero-order valence-electron chi connectivity index (χ0n) is 24.2. The predicted octanol–water partition coefficient (Wildman–Crippen LogP) is 6.93. The zero-order chi connectivity index (χ0) is 31.9. The van der Waals surface area contributed by atoms with E-state index in [2.05, 4.69) is 5.32 Å². The highest BCUT2D eigenvalue weighted by atomic mass is 35.5. The third-order valence-corrected chi connectivity index (χ3v) is 9.80. The van der Waals surface area contributed by atoms with Crippen molar-refractivity contribution in [2.75, 3.05) is 17.4 Å². The van der Waals surface area contributed by atoms with E-state index < -0.39 is 28.5 Å². The van der Waals surface area contributed by atoms with Crippen molar-refractivity contribution in [2.45, 2.75) is 37.8 Å². The summed E-state index contributed by atoms with van der Waals surface area (Å²) in [6.45, 7) is 3.32. The standard InChI is InChI=1S/C33H32Cl3N3O4S/c1-3-37-33(41)31(20-24-9-5-4-6-10-24)38(21-25-15-18-27(34)29(36)19-25)32(40)22-39(30-12-8-7-11-28(30)35)44(42,43)26-16-13-23(2)14-17-26/h4-19,31H,3,20-22H2,1-2H3,(H,37,41)/t31-/m1/s1. The molecule has 7 nitrogen and oxygen atoms in total. The fourth-order valence-electron chi connectivity index (χ4n) is 4.69. The number of para-hydroxylation sites is 1. The van der Waals surface area contributed by atoms with Gasteiger partial charge < -0.3 is 10.2 Å². The van der Waals surface area contributed by atoms with E-state index in [9.17, 15) is 18.0 Å². The Morgan fingerprint density at radius 1 is 0.795 bits per heavy atom. The summed E-state index contributed by atoms with van der Waals surface area (Å²) in [6, 6.07) is 26.0. The van der Waals surface area contributed by atoms with E-state index in [0.717, 1.165) is 15.4 Å². The number of amides is 2. The molecule has 0 bridgehead atoms. The van der Waals surface area contributed by atoms with Crippen molar-refractivity contribution >= 4 is 62.3 Å². The minimum absolute atomic E-state index is 0.00332. The van der Waals surface area contributed by atoms with Crippen molar-refractivity contribution in [3.05, 3.63) is 129 Å². The number of likely N-dealkylation sites (N-methyl/N-ethyl adjacent to an activating group) is 1. The maximum atomic E-state index is 14.4. The minimum Gasteiger partial charge on any atom is -0.355 e. The van der Waals surface area contributed by atoms with Crippen molar-refractivity contribution in [1.29, 1.82) is 0 Å². The predicted molar refractivity (Wildman–Crippen MR) is 177 cm³/mol. The molecule has 2 amide bonds. The van der Waals surface area contributed by atoms with Gasteiger partial charge in [-0.3, -0.25) is 13.9 Å². The van der Waals surface area contributed by atoms with Crippen LogP contribution in [0.1, 0.15) is 23.6 Å². The molecule has 44 heavy (non-hydrogen) atoms. The number of halogens is 3. The Balaban J connectivity index is 1.82. The molecular weight excluding hydrogens is 641 g/mol. The number of nitrogens with one attached hydrogen (secondary N) is 1. The number of benzene rings is 4. The number of rotatable bonds is 12. The van der Waals surface area contributed by atoms with Gasteiger partial charge >= 0.3 is 0 Å². The van der Waals surface area contributed by atoms with Crippen LogP contribution in [0.2, 0.25) is 15.1 Å². The normalized spacial score (nSPS) is 11.9. The van der Waals surface area contributed by atoms with Gasteiger partial charge in [-0.1, -0.05) is 101 Å². The second-order valence-corrected chi connectivity index (χ2v) is 13.2. The molecule has 0 unspecified atom stereocenters. The number of sulfonamides is 1. The first-order valence-electron chi connectivity index (χ1n) is 13.9. The molecule has 4 aromatic carbocycles. The van der Waals surface area contributed by atoms with E-state index in [-0.39, 0.29) is 39.5 Å². The second-order valence-electron chi connectivity index (χ2n) is 10.1. The van der Waals surface area contributed by atoms with E-state index in [0.29, 0.717) is 17.1 Å². The largest absolute Gasteiger partial charge is 0.355 e. The molecular formula is C33H32Cl3N3O4S. The highest BCUT2D eigenvalue weighted by Crippen LogP contribution is 2.31. The summed E-state index contributed by atoms with van der Waals surface area (Å²) in [5.74, 6) is -0.991. The van der Waals surface area contributed by atoms with Crippen LogP contribution in [0.4, 0.5) is 5.69 Å². The van der Waals surface area contributed by atoms with Gasteiger partial charge in [0, 0.05) is 19.5 Å². The van der Waals surface area contributed by atoms with E-state index in [4.69, 9.17) is 34.8 Å². The summed E-state index contributed by atoms with van der Waals surface area (Å²) >= 11 is 19.0. The molecule has 0 saturated carbocycles. The van der Waals surface area contributed by atoms with Gasteiger partial charge in [0.1, 0.15) is 12.6 Å². The Hall–Kier alpha value is -3.56. The smallest absolute Gasteiger partial charge is 0.264 e. The first kappa shape index (κ1) is 33.3. The van der Waals surface area contributed by atoms with Gasteiger partial charge in [0.2, 0.25) is 11.8 Å². The molecule has 4 aromatic rings. The number of hydrogen-bond donors (Lipinski definition) is 1. The summed E-state index contributed by atoms with van der Waals surface area (Å²) in [5.41, 5.74) is 2.45. The SMILES string of the molecule is CCNC(=O)[C@@H](Cc1ccccc1)N(Cc1ccc(Cl)c(Cl)c1)C(=O)CN(c1ccccc1Cl)S(=O)(=O)c1ccc(C)cc1. The molecule has 0 aromatic heterocycles. The third kappa shape index (κ3) is 8.12. The van der Waals surface area contributed by atoms with Gasteiger partial charge in [-0.2, -0.15) is 0 Å². The van der Waals surface area contributed by atoms with Crippen LogP contribution >= 0.6 is 34.8 Å². The number of carbonyl (C=O) groups excluding carboxylic acids is 2. The van der Waals surface area contributed by atoms with Gasteiger partial charge in [-0.15, -0.1) is 0 Å². The summed E-state index contributed by atoms with van der Waals surface area (Å²) < 4.78 is 29.1. The lowest BCUT2D eigenvalue weighted by atomic mass is 10.0. The maximum Gasteiger partial charge on any atom is 0.264 e. The lowest BCUT2D eigenvalue weighted by Gasteiger charge is -2.34. The van der Waals surface area contributed by atoms with Gasteiger partial charge in [-0.05, 0) is 61.4 Å². The van der Waals surface area contributed by atoms with Crippen LogP contribution in [0.5, 0.6) is 0 Å². The average molecular weight is 673 g/mol. The van der Waals surface area contributed by atoms with Crippen molar-refractivity contribution in [2.24, 2.45) is 0 Å². The van der Waals surface area contributed by atoms with Gasteiger partial charge in [0.05, 0.1) is 25.7 Å². The molecule has 4 rings (SSSR count). The zero-order valence-corrected chi connectivity index (χ0v) is 27.3. The van der Waals surface area contributed by atoms with Crippen LogP contribution in [0.3, 0.4) is 0 Å². The molecule has 0 radical (unpaired) electrons. The summed E-state index contributed by atoms with van der Waals surface area (Å²) in [7, 11) is -4.26. The van der Waals surface area contributed by atoms with Crippen molar-refractivity contribution in [1.82, 2.24) is 10.2 Å². The minimum atomic E-state index is -4.26. The molecule has 1 atom stereocenters. The van der Waals surface area contributed by atoms with Crippen LogP contribution in [0.25, 0.3) is 0 Å². The van der Waals surface area contributed by atoms with Crippen molar-refractivity contribution < 1.29 is 18.0 Å². The molecule has 0 fully saturated rings. The summed E-state index contributed by atoms with van der Waals surface area (Å²) in [5, 5.41) is 3.61. The highest BCUT2D eigenvalue weighted by Gasteiger charge is 2.35. The molecule has 11 heteroatoms. The second kappa shape index (κ2) is 14.9. The number of nitrogens with zero attached hydrogens (tertiary/aromatic N) is 2. The molecule has 0 aliphatic heterocycles. The Labute approximate surface area is 273 Å². The van der Waals surface area contributed by atoms with E-state index >= 15 is 0 Å². The summed E-state index contributed by atoms with van der Waals surface area (Å²) in [6.07, 6.45) is 0.191. The monoisotopic (exact) mass is 671 g/mol. The first-order chi connectivity index (χ1) is 21.0. The first-order valence-corrected chi connectivity index (χ1v) is 16.5. The molecule has 0 aliphatic rings. The molecule has 0 saturated heterocycles. The molecule has 0 heterocycles. The van der Waals surface area contributed by atoms with E-state index in [1.54, 1.807) is 55.5 Å². The van der Waals surface area contributed by atoms with Crippen LogP contribution in [-0.2, 0) is 32.6 Å². The van der Waals surface area contributed by atoms with Crippen molar-refractivity contribution in [3.63, 3.8) is 0 Å². The van der Waals surface area contributed by atoms with Crippen LogP contribution in [0, 0.1) is 6.92 Å². The Morgan fingerprint density at radius 2 is 1.45 bits per heavy atom. The lowest BCUT2D eigenvalue weighted by molar-refractivity contribution is -0.140. The van der Waals surface area contributed by atoms with E-state index in [1.807, 2.05) is 37.3 Å². The third-order valence-electron chi connectivity index (χ3n) is 6.97. The Bertz CT molecular complexity index is 1720. The molecule has 230 valence electrons. The van der Waals surface area contributed by atoms with Gasteiger partial charge in [-0.25, -0.2) is 8.42 Å². The highest BCUT2D eigenvalue weighted by molar-refractivity contribution is 7.92. The van der Waals surface area contributed by atoms with Crippen LogP contribution < -0.4 is 9.62 Å². The quantitative estimate of drug-likeness (QED) is 0.177. The van der Waals surface area contributed by atoms with Gasteiger partial charge in [0.25, 0.3) is 10.0 Å². The Kier molecular flexibility index (Phi) is 11.3. The number of aryl methyl sites for hydroxylation is 1. The fraction of sp³-hybridized carbons (Fsp3) is 0.212. The lowest BCUT2D eigenvalue weighted by Crippen LogP contribution is -2.53. The average Bonchev–Trinajstić information content (AvgIpc) is 3.00. The summed E-state index contributed by atoms with van der Waals surface area (Å²) in [4.78, 5) is 29.3. The molecule has 0 spiro atoms. The van der Waals surface area contributed by atoms with Crippen molar-refractivity contribution in [3.8, 4) is 0 Å². The fourth-order valence-corrected chi connectivity index (χ4v) is 6.73. The van der Waals surface area contributed by atoms with Crippen LogP contribution in [-0.4, -0.2) is 44.3 Å². The topological polar surface area (TPSA) is 86.8 Å². The molecule has 1 N–H and O–H groups in total. The Morgan fingerprint density at radius 3 is 2.09 bits per heavy atom. The maximum absolute atomic E-state index is 14.4. The van der Waals surface area contributed by atoms with Crippen LogP contribution in [0.15, 0.2) is 102 Å². The number of hydrogen-bond acceptors (Lipinski definition) is 4. The number of anilines is 1.